The summed E-state index contributed by atoms with van der Waals surface area (Å²) in [6.07, 6.45) is 0.875. The van der Waals surface area contributed by atoms with Crippen LogP contribution in [0.25, 0.3) is 0 Å². The average molecular weight is 421 g/mol. The fourth-order valence-corrected chi connectivity index (χ4v) is 3.51. The fraction of sp³-hybridized carbons (Fsp3) is 0.320. The Balaban J connectivity index is 1.49. The Morgan fingerprint density at radius 3 is 2.55 bits per heavy atom. The number of nitrogens with zero attached hydrogens (tertiary/aromatic N) is 1. The van der Waals surface area contributed by atoms with Crippen LogP contribution in [0, 0.1) is 0 Å². The lowest BCUT2D eigenvalue weighted by molar-refractivity contribution is 0.0906. The highest BCUT2D eigenvalue weighted by Crippen LogP contribution is 2.33. The molecule has 2 heterocycles. The Bertz CT molecular complexity index is 1020. The Labute approximate surface area is 182 Å². The second-order valence-electron chi connectivity index (χ2n) is 7.87. The summed E-state index contributed by atoms with van der Waals surface area (Å²) in [5.74, 6) is 2.48. The molecule has 1 atom stereocenters. The van der Waals surface area contributed by atoms with Gasteiger partial charge in [-0.3, -0.25) is 9.69 Å². The third-order valence-corrected chi connectivity index (χ3v) is 5.35. The van der Waals surface area contributed by atoms with E-state index >= 15 is 0 Å². The van der Waals surface area contributed by atoms with Gasteiger partial charge in [0.05, 0.1) is 6.54 Å². The van der Waals surface area contributed by atoms with Crippen molar-refractivity contribution in [3.05, 3.63) is 83.3 Å². The van der Waals surface area contributed by atoms with Crippen LogP contribution in [-0.2, 0) is 19.6 Å². The SMILES string of the molecule is CC[C@@H](C)NC(=O)c1ccc(CN(Cc2ccccc2)Cc2ccc3c(c2)OCO3)o1. The average Bonchev–Trinajstić information content (AvgIpc) is 3.43. The van der Waals surface area contributed by atoms with Gasteiger partial charge in [0.2, 0.25) is 6.79 Å². The topological polar surface area (TPSA) is 63.9 Å². The number of carbonyl (C=O) groups excluding carboxylic acids is 1. The summed E-state index contributed by atoms with van der Waals surface area (Å²) in [7, 11) is 0. The Kier molecular flexibility index (Phi) is 6.57. The van der Waals surface area contributed by atoms with Crippen molar-refractivity contribution < 1.29 is 18.7 Å². The molecule has 1 aromatic heterocycles. The van der Waals surface area contributed by atoms with E-state index in [0.29, 0.717) is 18.8 Å². The Hall–Kier alpha value is -3.25. The fourth-order valence-electron chi connectivity index (χ4n) is 3.51. The minimum Gasteiger partial charge on any atom is -0.455 e. The van der Waals surface area contributed by atoms with E-state index in [0.717, 1.165) is 35.8 Å². The molecule has 2 aromatic carbocycles. The second-order valence-corrected chi connectivity index (χ2v) is 7.87. The summed E-state index contributed by atoms with van der Waals surface area (Å²) in [5.41, 5.74) is 2.34. The summed E-state index contributed by atoms with van der Waals surface area (Å²) in [6, 6.07) is 20.1. The molecule has 6 nitrogen and oxygen atoms in total. The number of hydrogen-bond donors (Lipinski definition) is 1. The molecule has 0 saturated carbocycles. The van der Waals surface area contributed by atoms with Gasteiger partial charge in [-0.25, -0.2) is 0 Å². The zero-order valence-electron chi connectivity index (χ0n) is 18.0. The molecule has 1 aliphatic heterocycles. The first-order valence-electron chi connectivity index (χ1n) is 10.6. The van der Waals surface area contributed by atoms with Gasteiger partial charge in [0, 0.05) is 19.1 Å². The van der Waals surface area contributed by atoms with Crippen LogP contribution in [0.2, 0.25) is 0 Å². The number of furan rings is 1. The quantitative estimate of drug-likeness (QED) is 0.542. The second kappa shape index (κ2) is 9.71. The zero-order chi connectivity index (χ0) is 21.6. The number of nitrogens with one attached hydrogen (secondary N) is 1. The monoisotopic (exact) mass is 420 g/mol. The van der Waals surface area contributed by atoms with Gasteiger partial charge in [0.25, 0.3) is 5.91 Å². The molecular formula is C25H28N2O4. The molecule has 0 fully saturated rings. The van der Waals surface area contributed by atoms with Gasteiger partial charge < -0.3 is 19.2 Å². The number of fused-ring (bicyclic) bond motifs is 1. The van der Waals surface area contributed by atoms with Crippen LogP contribution in [0.15, 0.2) is 65.1 Å². The van der Waals surface area contributed by atoms with E-state index in [1.165, 1.54) is 5.56 Å². The molecule has 0 saturated heterocycles. The largest absolute Gasteiger partial charge is 0.455 e. The predicted octanol–water partition coefficient (Wildman–Crippen LogP) is 4.74. The van der Waals surface area contributed by atoms with Crippen LogP contribution in [0.4, 0.5) is 0 Å². The molecule has 0 aliphatic carbocycles. The summed E-state index contributed by atoms with van der Waals surface area (Å²) in [6.45, 7) is 6.33. The molecule has 1 N–H and O–H groups in total. The maximum absolute atomic E-state index is 12.4. The van der Waals surface area contributed by atoms with E-state index in [1.807, 2.05) is 50.2 Å². The summed E-state index contributed by atoms with van der Waals surface area (Å²) < 4.78 is 16.8. The van der Waals surface area contributed by atoms with Crippen molar-refractivity contribution in [1.82, 2.24) is 10.2 Å². The van der Waals surface area contributed by atoms with Crippen LogP contribution < -0.4 is 14.8 Å². The summed E-state index contributed by atoms with van der Waals surface area (Å²) >= 11 is 0. The maximum atomic E-state index is 12.4. The van der Waals surface area contributed by atoms with Crippen LogP contribution >= 0.6 is 0 Å². The molecule has 0 spiro atoms. The van der Waals surface area contributed by atoms with E-state index in [1.54, 1.807) is 6.07 Å². The lowest BCUT2D eigenvalue weighted by atomic mass is 10.1. The number of rotatable bonds is 9. The Morgan fingerprint density at radius 1 is 0.968 bits per heavy atom. The van der Waals surface area contributed by atoms with E-state index in [-0.39, 0.29) is 18.7 Å². The van der Waals surface area contributed by atoms with Gasteiger partial charge in [-0.15, -0.1) is 0 Å². The van der Waals surface area contributed by atoms with Crippen molar-refractivity contribution in [3.63, 3.8) is 0 Å². The first-order valence-corrected chi connectivity index (χ1v) is 10.6. The first kappa shape index (κ1) is 21.0. The third kappa shape index (κ3) is 5.47. The highest BCUT2D eigenvalue weighted by atomic mass is 16.7. The smallest absolute Gasteiger partial charge is 0.287 e. The molecule has 0 bridgehead atoms. The minimum atomic E-state index is -0.175. The van der Waals surface area contributed by atoms with E-state index < -0.39 is 0 Å². The molecule has 31 heavy (non-hydrogen) atoms. The number of benzene rings is 2. The van der Waals surface area contributed by atoms with Crippen LogP contribution in [0.5, 0.6) is 11.5 Å². The molecule has 4 rings (SSSR count). The summed E-state index contributed by atoms with van der Waals surface area (Å²) in [5, 5.41) is 2.94. The van der Waals surface area contributed by atoms with Gasteiger partial charge in [-0.05, 0) is 48.7 Å². The van der Waals surface area contributed by atoms with Gasteiger partial charge in [-0.1, -0.05) is 43.3 Å². The molecule has 6 heteroatoms. The highest BCUT2D eigenvalue weighted by Gasteiger charge is 2.18. The van der Waals surface area contributed by atoms with E-state index in [4.69, 9.17) is 13.9 Å². The van der Waals surface area contributed by atoms with Crippen molar-refractivity contribution in [2.75, 3.05) is 6.79 Å². The molecule has 1 aliphatic rings. The normalized spacial score (nSPS) is 13.4. The van der Waals surface area contributed by atoms with Crippen molar-refractivity contribution in [3.8, 4) is 11.5 Å². The molecule has 0 unspecified atom stereocenters. The maximum Gasteiger partial charge on any atom is 0.287 e. The number of carbonyl (C=O) groups is 1. The van der Waals surface area contributed by atoms with Gasteiger partial charge in [0.15, 0.2) is 17.3 Å². The van der Waals surface area contributed by atoms with Crippen molar-refractivity contribution in [2.24, 2.45) is 0 Å². The van der Waals surface area contributed by atoms with E-state index in [2.05, 4.69) is 28.4 Å². The minimum absolute atomic E-state index is 0.113. The molecule has 162 valence electrons. The number of ether oxygens (including phenoxy) is 2. The lowest BCUT2D eigenvalue weighted by Crippen LogP contribution is -2.31. The zero-order valence-corrected chi connectivity index (χ0v) is 18.0. The summed E-state index contributed by atoms with van der Waals surface area (Å²) in [4.78, 5) is 14.6. The van der Waals surface area contributed by atoms with Crippen molar-refractivity contribution >= 4 is 5.91 Å². The molecular weight excluding hydrogens is 392 g/mol. The molecule has 1 amide bonds. The number of amides is 1. The molecule has 3 aromatic rings. The van der Waals surface area contributed by atoms with Crippen molar-refractivity contribution in [1.29, 1.82) is 0 Å². The Morgan fingerprint density at radius 2 is 1.74 bits per heavy atom. The van der Waals surface area contributed by atoms with Crippen LogP contribution in [0.1, 0.15) is 47.7 Å². The van der Waals surface area contributed by atoms with Crippen LogP contribution in [-0.4, -0.2) is 23.6 Å². The lowest BCUT2D eigenvalue weighted by Gasteiger charge is -2.22. The predicted molar refractivity (Wildman–Crippen MR) is 118 cm³/mol. The van der Waals surface area contributed by atoms with E-state index in [9.17, 15) is 4.79 Å². The standard InChI is InChI=1S/C25H28N2O4/c1-3-18(2)26-25(28)23-12-10-21(31-23)16-27(14-19-7-5-4-6-8-19)15-20-9-11-22-24(13-20)30-17-29-22/h4-13,18H,3,14-17H2,1-2H3,(H,26,28)/t18-/m1/s1. The van der Waals surface area contributed by atoms with Gasteiger partial charge in [0.1, 0.15) is 5.76 Å². The molecule has 0 radical (unpaired) electrons. The third-order valence-electron chi connectivity index (χ3n) is 5.35. The van der Waals surface area contributed by atoms with Gasteiger partial charge in [-0.2, -0.15) is 0 Å². The highest BCUT2D eigenvalue weighted by molar-refractivity contribution is 5.91. The van der Waals surface area contributed by atoms with Crippen LogP contribution in [0.3, 0.4) is 0 Å². The van der Waals surface area contributed by atoms with Crippen molar-refractivity contribution in [2.45, 2.75) is 45.9 Å². The number of hydrogen-bond acceptors (Lipinski definition) is 5. The van der Waals surface area contributed by atoms with Gasteiger partial charge >= 0.3 is 0 Å². The first-order chi connectivity index (χ1) is 15.1.